The SMILES string of the molecule is CC[C@@H](NC(=O)[C@@H]1C[C@H](NC(=O)C(C)C)CN1C(=O)[C@@H](NC(=O)[C@H](C)NC)C(C)(C)C)c1ccccc1. The average molecular weight is 516 g/mol. The minimum Gasteiger partial charge on any atom is -0.351 e. The fourth-order valence-electron chi connectivity index (χ4n) is 4.39. The lowest BCUT2D eigenvalue weighted by Gasteiger charge is -2.36. The van der Waals surface area contributed by atoms with E-state index in [0.717, 1.165) is 5.56 Å². The summed E-state index contributed by atoms with van der Waals surface area (Å²) in [5, 5.41) is 11.9. The van der Waals surface area contributed by atoms with Gasteiger partial charge in [0.1, 0.15) is 12.1 Å². The van der Waals surface area contributed by atoms with E-state index in [4.69, 9.17) is 0 Å². The van der Waals surface area contributed by atoms with Crippen molar-refractivity contribution in [1.82, 2.24) is 26.2 Å². The molecule has 1 saturated heterocycles. The molecule has 0 saturated carbocycles. The van der Waals surface area contributed by atoms with Gasteiger partial charge in [-0.2, -0.15) is 0 Å². The van der Waals surface area contributed by atoms with Gasteiger partial charge in [-0.3, -0.25) is 19.2 Å². The summed E-state index contributed by atoms with van der Waals surface area (Å²) < 4.78 is 0. The first kappa shape index (κ1) is 30.3. The van der Waals surface area contributed by atoms with Crippen LogP contribution in [0.5, 0.6) is 0 Å². The van der Waals surface area contributed by atoms with E-state index in [1.807, 2.05) is 58.0 Å². The van der Waals surface area contributed by atoms with E-state index in [-0.39, 0.29) is 48.2 Å². The van der Waals surface area contributed by atoms with Gasteiger partial charge in [-0.05, 0) is 37.8 Å². The minimum atomic E-state index is -0.846. The number of likely N-dealkylation sites (N-methyl/N-ethyl adjacent to an activating group) is 1. The number of carbonyl (C=O) groups excluding carboxylic acids is 4. The van der Waals surface area contributed by atoms with E-state index < -0.39 is 23.5 Å². The van der Waals surface area contributed by atoms with E-state index in [1.54, 1.807) is 27.8 Å². The summed E-state index contributed by atoms with van der Waals surface area (Å²) in [4.78, 5) is 54.2. The van der Waals surface area contributed by atoms with Crippen LogP contribution in [0.3, 0.4) is 0 Å². The van der Waals surface area contributed by atoms with Crippen molar-refractivity contribution in [1.29, 1.82) is 0 Å². The molecule has 0 aliphatic carbocycles. The zero-order chi connectivity index (χ0) is 27.9. The number of likely N-dealkylation sites (tertiary alicyclic amines) is 1. The van der Waals surface area contributed by atoms with Gasteiger partial charge in [0.05, 0.1) is 12.1 Å². The molecule has 1 aliphatic heterocycles. The maximum Gasteiger partial charge on any atom is 0.246 e. The fraction of sp³-hybridized carbons (Fsp3) is 0.643. The first-order valence-corrected chi connectivity index (χ1v) is 13.2. The molecule has 4 N–H and O–H groups in total. The normalized spacial score (nSPS) is 20.2. The Balaban J connectivity index is 2.34. The van der Waals surface area contributed by atoms with Gasteiger partial charge < -0.3 is 26.2 Å². The molecule has 1 heterocycles. The van der Waals surface area contributed by atoms with Crippen molar-refractivity contribution in [2.24, 2.45) is 11.3 Å². The van der Waals surface area contributed by atoms with Crippen LogP contribution in [0.15, 0.2) is 30.3 Å². The van der Waals surface area contributed by atoms with E-state index in [0.29, 0.717) is 12.8 Å². The van der Waals surface area contributed by atoms with Crippen LogP contribution in [0.25, 0.3) is 0 Å². The average Bonchev–Trinajstić information content (AvgIpc) is 3.28. The topological polar surface area (TPSA) is 120 Å². The van der Waals surface area contributed by atoms with Gasteiger partial charge in [0.2, 0.25) is 23.6 Å². The largest absolute Gasteiger partial charge is 0.351 e. The quantitative estimate of drug-likeness (QED) is 0.381. The second-order valence-electron chi connectivity index (χ2n) is 11.3. The van der Waals surface area contributed by atoms with Crippen LogP contribution in [0.2, 0.25) is 0 Å². The highest BCUT2D eigenvalue weighted by molar-refractivity contribution is 5.94. The molecule has 37 heavy (non-hydrogen) atoms. The van der Waals surface area contributed by atoms with Crippen molar-refractivity contribution in [2.45, 2.75) is 91.5 Å². The number of benzene rings is 1. The molecule has 0 spiro atoms. The highest BCUT2D eigenvalue weighted by atomic mass is 16.2. The maximum atomic E-state index is 13.9. The Morgan fingerprint density at radius 3 is 2.14 bits per heavy atom. The molecule has 1 aromatic carbocycles. The Hall–Kier alpha value is -2.94. The number of nitrogens with zero attached hydrogens (tertiary/aromatic N) is 1. The molecule has 4 amide bonds. The highest BCUT2D eigenvalue weighted by Crippen LogP contribution is 2.27. The van der Waals surface area contributed by atoms with E-state index in [9.17, 15) is 19.2 Å². The monoisotopic (exact) mass is 515 g/mol. The second-order valence-corrected chi connectivity index (χ2v) is 11.3. The summed E-state index contributed by atoms with van der Waals surface area (Å²) in [6.45, 7) is 13.2. The predicted octanol–water partition coefficient (Wildman–Crippen LogP) is 2.13. The number of carbonyl (C=O) groups is 4. The van der Waals surface area contributed by atoms with E-state index >= 15 is 0 Å². The molecule has 1 aliphatic rings. The molecule has 1 fully saturated rings. The lowest BCUT2D eigenvalue weighted by Crippen LogP contribution is -2.59. The Bertz CT molecular complexity index is 944. The van der Waals surface area contributed by atoms with Crippen LogP contribution < -0.4 is 21.3 Å². The summed E-state index contributed by atoms with van der Waals surface area (Å²) in [5.74, 6) is -1.25. The summed E-state index contributed by atoms with van der Waals surface area (Å²) >= 11 is 0. The third-order valence-electron chi connectivity index (χ3n) is 6.91. The molecule has 2 rings (SSSR count). The summed E-state index contributed by atoms with van der Waals surface area (Å²) in [7, 11) is 1.68. The van der Waals surface area contributed by atoms with Crippen LogP contribution in [-0.2, 0) is 19.2 Å². The maximum absolute atomic E-state index is 13.9. The summed E-state index contributed by atoms with van der Waals surface area (Å²) in [6, 6.07) is 7.04. The van der Waals surface area contributed by atoms with Gasteiger partial charge in [-0.25, -0.2) is 0 Å². The van der Waals surface area contributed by atoms with Crippen LogP contribution >= 0.6 is 0 Å². The molecule has 5 atom stereocenters. The molecule has 9 heteroatoms. The van der Waals surface area contributed by atoms with Gasteiger partial charge in [0.25, 0.3) is 0 Å². The van der Waals surface area contributed by atoms with E-state index in [2.05, 4.69) is 21.3 Å². The Morgan fingerprint density at radius 1 is 1.00 bits per heavy atom. The van der Waals surface area contributed by atoms with Crippen LogP contribution in [0.4, 0.5) is 0 Å². The smallest absolute Gasteiger partial charge is 0.246 e. The third kappa shape index (κ3) is 8.02. The first-order chi connectivity index (χ1) is 17.3. The number of rotatable bonds is 10. The number of nitrogens with one attached hydrogen (secondary N) is 4. The lowest BCUT2D eigenvalue weighted by molar-refractivity contribution is -0.144. The third-order valence-corrected chi connectivity index (χ3v) is 6.91. The second kappa shape index (κ2) is 13.0. The zero-order valence-electron chi connectivity index (χ0n) is 23.6. The van der Waals surface area contributed by atoms with E-state index in [1.165, 1.54) is 4.90 Å². The Labute approximate surface area is 221 Å². The van der Waals surface area contributed by atoms with Crippen molar-refractivity contribution < 1.29 is 19.2 Å². The number of hydrogen-bond donors (Lipinski definition) is 4. The van der Waals surface area contributed by atoms with Crippen LogP contribution in [-0.4, -0.2) is 66.3 Å². The van der Waals surface area contributed by atoms with Gasteiger partial charge in [-0.15, -0.1) is 0 Å². The van der Waals surface area contributed by atoms with Crippen molar-refractivity contribution in [3.63, 3.8) is 0 Å². The highest BCUT2D eigenvalue weighted by Gasteiger charge is 2.45. The van der Waals surface area contributed by atoms with Crippen molar-refractivity contribution in [2.75, 3.05) is 13.6 Å². The molecule has 0 aromatic heterocycles. The molecule has 0 radical (unpaired) electrons. The fourth-order valence-corrected chi connectivity index (χ4v) is 4.39. The van der Waals surface area contributed by atoms with Crippen LogP contribution in [0, 0.1) is 11.3 Å². The van der Waals surface area contributed by atoms with Gasteiger partial charge >= 0.3 is 0 Å². The lowest BCUT2D eigenvalue weighted by atomic mass is 9.85. The van der Waals surface area contributed by atoms with Crippen molar-refractivity contribution >= 4 is 23.6 Å². The molecular weight excluding hydrogens is 470 g/mol. The summed E-state index contributed by atoms with van der Waals surface area (Å²) in [6.07, 6.45) is 0.992. The number of amides is 4. The molecule has 206 valence electrons. The van der Waals surface area contributed by atoms with Crippen molar-refractivity contribution in [3.05, 3.63) is 35.9 Å². The predicted molar refractivity (Wildman–Crippen MR) is 144 cm³/mol. The Morgan fingerprint density at radius 2 is 1.62 bits per heavy atom. The zero-order valence-corrected chi connectivity index (χ0v) is 23.6. The molecule has 0 unspecified atom stereocenters. The molecule has 1 aromatic rings. The first-order valence-electron chi connectivity index (χ1n) is 13.2. The van der Waals surface area contributed by atoms with Gasteiger partial charge in [0, 0.05) is 18.5 Å². The standard InChI is InChI=1S/C28H45N5O4/c1-9-21(19-13-11-10-12-14-19)31-26(36)22-15-20(30-24(34)17(2)3)16-33(22)27(37)23(28(5,6)7)32-25(35)18(4)29-8/h10-14,17-18,20-23,29H,9,15-16H2,1-8H3,(H,30,34)(H,31,36)(H,32,35)/t18-,20-,21+,22-,23+/m0/s1. The molecular formula is C28H45N5O4. The summed E-state index contributed by atoms with van der Waals surface area (Å²) in [5.41, 5.74) is 0.385. The minimum absolute atomic E-state index is 0.127. The van der Waals surface area contributed by atoms with Crippen molar-refractivity contribution in [3.8, 4) is 0 Å². The van der Waals surface area contributed by atoms with Gasteiger partial charge in [0.15, 0.2) is 0 Å². The Kier molecular flexibility index (Phi) is 10.7. The van der Waals surface area contributed by atoms with Gasteiger partial charge in [-0.1, -0.05) is 71.9 Å². The number of hydrogen-bond acceptors (Lipinski definition) is 5. The molecule has 0 bridgehead atoms. The molecule has 9 nitrogen and oxygen atoms in total. The van der Waals surface area contributed by atoms with Crippen LogP contribution in [0.1, 0.15) is 72.9 Å².